The Morgan fingerprint density at radius 2 is 1.74 bits per heavy atom. The van der Waals surface area contributed by atoms with E-state index in [1.165, 1.54) is 4.90 Å². The van der Waals surface area contributed by atoms with E-state index in [9.17, 15) is 19.5 Å². The summed E-state index contributed by atoms with van der Waals surface area (Å²) in [6.45, 7) is 8.75. The van der Waals surface area contributed by atoms with Gasteiger partial charge in [0.05, 0.1) is 40.8 Å². The van der Waals surface area contributed by atoms with Crippen molar-refractivity contribution in [2.24, 2.45) is 17.8 Å². The number of halogens is 1. The first-order valence-electron chi connectivity index (χ1n) is 14.0. The number of benzene rings is 1. The first-order chi connectivity index (χ1) is 18.7. The predicted molar refractivity (Wildman–Crippen MR) is 149 cm³/mol. The van der Waals surface area contributed by atoms with Crippen LogP contribution in [0.4, 0.5) is 5.69 Å². The van der Waals surface area contributed by atoms with E-state index in [0.29, 0.717) is 30.2 Å². The van der Waals surface area contributed by atoms with Gasteiger partial charge in [0.15, 0.2) is 0 Å². The molecule has 6 atom stereocenters. The van der Waals surface area contributed by atoms with Gasteiger partial charge in [0, 0.05) is 19.6 Å². The van der Waals surface area contributed by atoms with Gasteiger partial charge in [-0.2, -0.15) is 0 Å². The molecule has 2 fully saturated rings. The lowest BCUT2D eigenvalue weighted by molar-refractivity contribution is -0.153. The van der Waals surface area contributed by atoms with Crippen molar-refractivity contribution in [1.29, 1.82) is 0 Å². The number of carbonyl (C=O) groups is 3. The van der Waals surface area contributed by atoms with E-state index >= 15 is 0 Å². The number of hydrogen-bond donors (Lipinski definition) is 1. The Bertz CT molecular complexity index is 1220. The number of aliphatic hydroxyl groups excluding tert-OH is 1. The molecule has 0 aromatic heterocycles. The highest BCUT2D eigenvalue weighted by Gasteiger charge is 2.76. The van der Waals surface area contributed by atoms with Crippen LogP contribution in [0.1, 0.15) is 40.5 Å². The Labute approximate surface area is 235 Å². The van der Waals surface area contributed by atoms with Crippen molar-refractivity contribution in [2.45, 2.75) is 63.8 Å². The van der Waals surface area contributed by atoms with Gasteiger partial charge in [-0.3, -0.25) is 14.4 Å². The highest BCUT2D eigenvalue weighted by atomic mass is 35.5. The predicted octanol–water partition coefficient (Wildman–Crippen LogP) is 3.43. The van der Waals surface area contributed by atoms with E-state index in [1.807, 2.05) is 58.1 Å². The van der Waals surface area contributed by atoms with Gasteiger partial charge in [0.2, 0.25) is 11.8 Å². The van der Waals surface area contributed by atoms with Crippen LogP contribution in [-0.4, -0.2) is 82.2 Å². The number of anilines is 1. The van der Waals surface area contributed by atoms with Gasteiger partial charge in [-0.05, 0) is 30.9 Å². The summed E-state index contributed by atoms with van der Waals surface area (Å²) in [5, 5.41) is 10.9. The number of likely N-dealkylation sites (tertiary alicyclic amines) is 1. The zero-order valence-electron chi connectivity index (χ0n) is 23.0. The lowest BCUT2D eigenvalue weighted by Gasteiger charge is -2.41. The van der Waals surface area contributed by atoms with Crippen molar-refractivity contribution in [2.75, 3.05) is 31.1 Å². The molecule has 39 heavy (non-hydrogen) atoms. The molecule has 0 radical (unpaired) electrons. The molecule has 1 aromatic rings. The fourth-order valence-electron chi connectivity index (χ4n) is 7.09. The van der Waals surface area contributed by atoms with Crippen LogP contribution in [0.3, 0.4) is 0 Å². The van der Waals surface area contributed by atoms with Crippen LogP contribution in [0, 0.1) is 17.8 Å². The number of fused-ring (bicyclic) bond motifs is 2. The monoisotopic (exact) mass is 555 g/mol. The van der Waals surface area contributed by atoms with Crippen LogP contribution >= 0.6 is 11.6 Å². The van der Waals surface area contributed by atoms with E-state index in [0.717, 1.165) is 6.42 Å². The Hall–Kier alpha value is -2.68. The Kier molecular flexibility index (Phi) is 7.42. The molecule has 1 spiro atoms. The molecule has 4 aliphatic rings. The quantitative estimate of drug-likeness (QED) is 0.521. The molecule has 9 heteroatoms. The molecule has 0 bridgehead atoms. The average Bonchev–Trinajstić information content (AvgIpc) is 3.20. The summed E-state index contributed by atoms with van der Waals surface area (Å²) >= 11 is 6.53. The maximum absolute atomic E-state index is 14.6. The normalized spacial score (nSPS) is 32.8. The molecule has 2 saturated heterocycles. The van der Waals surface area contributed by atoms with Gasteiger partial charge >= 0.3 is 0 Å². The van der Waals surface area contributed by atoms with Crippen LogP contribution in [-0.2, 0) is 19.1 Å². The van der Waals surface area contributed by atoms with Crippen molar-refractivity contribution >= 4 is 35.0 Å². The molecule has 4 heterocycles. The minimum atomic E-state index is -1.37. The van der Waals surface area contributed by atoms with Crippen LogP contribution < -0.4 is 4.90 Å². The number of ether oxygens (including phenoxy) is 1. The minimum absolute atomic E-state index is 0.127. The third kappa shape index (κ3) is 4.06. The van der Waals surface area contributed by atoms with Crippen molar-refractivity contribution in [3.05, 3.63) is 53.6 Å². The molecule has 210 valence electrons. The van der Waals surface area contributed by atoms with E-state index in [2.05, 4.69) is 0 Å². The van der Waals surface area contributed by atoms with Gasteiger partial charge in [0.1, 0.15) is 11.6 Å². The largest absolute Gasteiger partial charge is 0.394 e. The molecule has 8 nitrogen and oxygen atoms in total. The van der Waals surface area contributed by atoms with E-state index in [-0.39, 0.29) is 36.8 Å². The molecular weight excluding hydrogens is 518 g/mol. The number of amides is 3. The summed E-state index contributed by atoms with van der Waals surface area (Å²) in [4.78, 5) is 48.2. The first kappa shape index (κ1) is 27.9. The molecule has 0 aliphatic carbocycles. The maximum Gasteiger partial charge on any atom is 0.253 e. The van der Waals surface area contributed by atoms with E-state index in [1.54, 1.807) is 28.0 Å². The average molecular weight is 556 g/mol. The summed E-state index contributed by atoms with van der Waals surface area (Å²) in [6.07, 6.45) is 8.84. The Morgan fingerprint density at radius 3 is 2.38 bits per heavy atom. The molecule has 1 N–H and O–H groups in total. The maximum atomic E-state index is 14.6. The highest BCUT2D eigenvalue weighted by molar-refractivity contribution is 6.34. The van der Waals surface area contributed by atoms with Crippen molar-refractivity contribution < 1.29 is 24.2 Å². The number of nitrogens with zero attached hydrogens (tertiary/aromatic N) is 3. The number of rotatable bonds is 7. The van der Waals surface area contributed by atoms with Crippen LogP contribution in [0.2, 0.25) is 5.02 Å². The SMILES string of the molecule is CCCN1CC=C[C@]2(CC)O[C@]34C=CCN(c5ccccc5Cl)C(=O)C3N([C@@H](CO)C(C)C)C(=O)[C@@H]4[C@@H]2C1=O. The molecule has 1 aromatic carbocycles. The summed E-state index contributed by atoms with van der Waals surface area (Å²) in [5.41, 5.74) is -1.86. The Morgan fingerprint density at radius 1 is 1.03 bits per heavy atom. The highest BCUT2D eigenvalue weighted by Crippen LogP contribution is 2.59. The molecule has 0 saturated carbocycles. The molecule has 5 rings (SSSR count). The molecule has 3 amide bonds. The first-order valence-corrected chi connectivity index (χ1v) is 14.4. The van der Waals surface area contributed by atoms with E-state index in [4.69, 9.17) is 16.3 Å². The van der Waals surface area contributed by atoms with Gasteiger partial charge in [-0.25, -0.2) is 0 Å². The fourth-order valence-corrected chi connectivity index (χ4v) is 7.32. The minimum Gasteiger partial charge on any atom is -0.394 e. The zero-order valence-corrected chi connectivity index (χ0v) is 23.8. The van der Waals surface area contributed by atoms with Crippen LogP contribution in [0.25, 0.3) is 0 Å². The van der Waals surface area contributed by atoms with Crippen LogP contribution in [0.15, 0.2) is 48.6 Å². The Balaban J connectivity index is 1.71. The van der Waals surface area contributed by atoms with Gasteiger partial charge in [0.25, 0.3) is 5.91 Å². The third-order valence-corrected chi connectivity index (χ3v) is 9.23. The van der Waals surface area contributed by atoms with Crippen LogP contribution in [0.5, 0.6) is 0 Å². The zero-order chi connectivity index (χ0) is 28.1. The van der Waals surface area contributed by atoms with Gasteiger partial charge < -0.3 is 24.5 Å². The van der Waals surface area contributed by atoms with E-state index < -0.39 is 35.1 Å². The standard InChI is InChI=1S/C30H38ClN3O5/c1-5-15-32-16-9-13-29(6-2)23(26(32)36)24-27(37)34(22(18-35)19(3)4)25-28(38)33(17-10-14-30(24,25)39-29)21-12-8-7-11-20(21)31/h7-14,19,22-25,35H,5-6,15-18H2,1-4H3/t22-,23+,24-,25?,29-,30-/m0/s1. The van der Waals surface area contributed by atoms with Crippen molar-refractivity contribution in [3.63, 3.8) is 0 Å². The summed E-state index contributed by atoms with van der Waals surface area (Å²) in [7, 11) is 0. The second kappa shape index (κ2) is 10.4. The number of hydrogen-bond acceptors (Lipinski definition) is 5. The number of carbonyl (C=O) groups excluding carboxylic acids is 3. The topological polar surface area (TPSA) is 90.4 Å². The number of aliphatic hydroxyl groups is 1. The molecular formula is C30H38ClN3O5. The summed E-state index contributed by atoms with van der Waals surface area (Å²) in [5.74, 6) is -2.63. The third-order valence-electron chi connectivity index (χ3n) is 8.91. The molecule has 4 aliphatic heterocycles. The van der Waals surface area contributed by atoms with Gasteiger partial charge in [-0.15, -0.1) is 0 Å². The number of para-hydroxylation sites is 1. The lowest BCUT2D eigenvalue weighted by Crippen LogP contribution is -2.60. The second-order valence-electron chi connectivity index (χ2n) is 11.4. The lowest BCUT2D eigenvalue weighted by atomic mass is 9.73. The fraction of sp³-hybridized carbons (Fsp3) is 0.567. The molecule has 1 unspecified atom stereocenters. The summed E-state index contributed by atoms with van der Waals surface area (Å²) < 4.78 is 6.99. The van der Waals surface area contributed by atoms with Crippen molar-refractivity contribution in [1.82, 2.24) is 9.80 Å². The van der Waals surface area contributed by atoms with Gasteiger partial charge in [-0.1, -0.05) is 75.7 Å². The van der Waals surface area contributed by atoms with Crippen molar-refractivity contribution in [3.8, 4) is 0 Å². The second-order valence-corrected chi connectivity index (χ2v) is 11.8. The summed E-state index contributed by atoms with van der Waals surface area (Å²) in [6, 6.07) is 5.41. The smallest absolute Gasteiger partial charge is 0.253 e.